The van der Waals surface area contributed by atoms with Crippen molar-refractivity contribution in [3.63, 3.8) is 0 Å². The Morgan fingerprint density at radius 3 is 1.07 bits per heavy atom. The Bertz CT molecular complexity index is 704. The summed E-state index contributed by atoms with van der Waals surface area (Å²) >= 11 is 0. The van der Waals surface area contributed by atoms with Crippen LogP contribution < -0.4 is 0 Å². The van der Waals surface area contributed by atoms with E-state index >= 15 is 0 Å². The van der Waals surface area contributed by atoms with Gasteiger partial charge < -0.3 is 14.2 Å². The summed E-state index contributed by atoms with van der Waals surface area (Å²) in [6.07, 6.45) is 28.4. The lowest BCUT2D eigenvalue weighted by atomic mass is 10.0. The summed E-state index contributed by atoms with van der Waals surface area (Å²) in [7, 11) is 0. The molecule has 0 aromatic heterocycles. The highest BCUT2D eigenvalue weighted by molar-refractivity contribution is 5.71. The van der Waals surface area contributed by atoms with Gasteiger partial charge in [0.1, 0.15) is 13.2 Å². The topological polar surface area (TPSA) is 78.9 Å². The number of ether oxygens (including phenoxy) is 3. The summed E-state index contributed by atoms with van der Waals surface area (Å²) in [5.74, 6) is 0.704. The number of esters is 3. The molecule has 0 bridgehead atoms. The van der Waals surface area contributed by atoms with Gasteiger partial charge in [0.25, 0.3) is 0 Å². The predicted octanol–water partition coefficient (Wildman–Crippen LogP) is 11.8. The van der Waals surface area contributed by atoms with Crippen molar-refractivity contribution in [2.75, 3.05) is 13.2 Å². The van der Waals surface area contributed by atoms with Crippen LogP contribution in [0.25, 0.3) is 0 Å². The second kappa shape index (κ2) is 33.3. The first-order chi connectivity index (χ1) is 22.2. The van der Waals surface area contributed by atoms with Gasteiger partial charge >= 0.3 is 17.9 Å². The van der Waals surface area contributed by atoms with E-state index in [2.05, 4.69) is 34.6 Å². The molecule has 6 nitrogen and oxygen atoms in total. The first-order valence-corrected chi connectivity index (χ1v) is 19.7. The predicted molar refractivity (Wildman–Crippen MR) is 192 cm³/mol. The largest absolute Gasteiger partial charge is 0.462 e. The Balaban J connectivity index is 4.25. The monoisotopic (exact) mass is 653 g/mol. The van der Waals surface area contributed by atoms with E-state index in [4.69, 9.17) is 14.2 Å². The van der Waals surface area contributed by atoms with Crippen LogP contribution in [0.5, 0.6) is 0 Å². The molecule has 0 heterocycles. The lowest BCUT2D eigenvalue weighted by molar-refractivity contribution is -0.167. The number of unbranched alkanes of at least 4 members (excludes halogenated alkanes) is 19. The van der Waals surface area contributed by atoms with Crippen molar-refractivity contribution in [1.82, 2.24) is 0 Å². The van der Waals surface area contributed by atoms with Gasteiger partial charge in [-0.05, 0) is 31.1 Å². The Morgan fingerprint density at radius 2 is 0.717 bits per heavy atom. The molecule has 0 fully saturated rings. The maximum absolute atomic E-state index is 12.6. The summed E-state index contributed by atoms with van der Waals surface area (Å²) in [4.78, 5) is 37.2. The van der Waals surface area contributed by atoms with Crippen molar-refractivity contribution in [3.8, 4) is 0 Å². The highest BCUT2D eigenvalue weighted by Gasteiger charge is 2.19. The minimum atomic E-state index is -0.758. The number of hydrogen-bond donors (Lipinski definition) is 0. The molecular formula is C40H76O6. The standard InChI is InChI=1S/C40H76O6/c1-6-7-8-18-25-30-38(41)44-33-37(34-45-39(42)31-26-21-17-16-20-24-29-36(4)5)46-40(43)32-27-22-15-13-11-9-10-12-14-19-23-28-35(2)3/h35-37H,6-34H2,1-5H3/t37-/m0/s1. The van der Waals surface area contributed by atoms with Crippen molar-refractivity contribution >= 4 is 17.9 Å². The molecular weight excluding hydrogens is 576 g/mol. The van der Waals surface area contributed by atoms with Gasteiger partial charge in [0.15, 0.2) is 6.10 Å². The van der Waals surface area contributed by atoms with E-state index in [9.17, 15) is 14.4 Å². The molecule has 0 aromatic rings. The van der Waals surface area contributed by atoms with E-state index in [0.29, 0.717) is 19.3 Å². The second-order valence-corrected chi connectivity index (χ2v) is 14.5. The maximum Gasteiger partial charge on any atom is 0.306 e. The molecule has 0 aliphatic carbocycles. The molecule has 0 radical (unpaired) electrons. The maximum atomic E-state index is 12.6. The molecule has 6 heteroatoms. The number of carbonyl (C=O) groups is 3. The first-order valence-electron chi connectivity index (χ1n) is 19.7. The lowest BCUT2D eigenvalue weighted by Crippen LogP contribution is -2.30. The molecule has 0 aliphatic heterocycles. The zero-order valence-corrected chi connectivity index (χ0v) is 31.2. The highest BCUT2D eigenvalue weighted by Crippen LogP contribution is 2.15. The fourth-order valence-corrected chi connectivity index (χ4v) is 5.69. The zero-order chi connectivity index (χ0) is 34.1. The van der Waals surface area contributed by atoms with Gasteiger partial charge in [-0.25, -0.2) is 0 Å². The van der Waals surface area contributed by atoms with Crippen molar-refractivity contribution in [3.05, 3.63) is 0 Å². The summed E-state index contributed by atoms with van der Waals surface area (Å²) < 4.78 is 16.5. The van der Waals surface area contributed by atoms with Crippen LogP contribution in [0.3, 0.4) is 0 Å². The average molecular weight is 653 g/mol. The summed E-state index contributed by atoms with van der Waals surface area (Å²) in [5, 5.41) is 0. The third-order valence-electron chi connectivity index (χ3n) is 8.72. The van der Waals surface area contributed by atoms with Crippen LogP contribution in [0.2, 0.25) is 0 Å². The van der Waals surface area contributed by atoms with Crippen molar-refractivity contribution in [2.24, 2.45) is 11.8 Å². The van der Waals surface area contributed by atoms with E-state index in [1.165, 1.54) is 89.9 Å². The number of rotatable bonds is 34. The third-order valence-corrected chi connectivity index (χ3v) is 8.72. The first kappa shape index (κ1) is 44.4. The normalized spacial score (nSPS) is 12.1. The number of hydrogen-bond acceptors (Lipinski definition) is 6. The molecule has 0 unspecified atom stereocenters. The van der Waals surface area contributed by atoms with Crippen LogP contribution in [0.15, 0.2) is 0 Å². The smallest absolute Gasteiger partial charge is 0.306 e. The van der Waals surface area contributed by atoms with Gasteiger partial charge in [0, 0.05) is 19.3 Å². The van der Waals surface area contributed by atoms with Crippen molar-refractivity contribution < 1.29 is 28.6 Å². The summed E-state index contributed by atoms with van der Waals surface area (Å²) in [6, 6.07) is 0. The Labute approximate surface area is 285 Å². The van der Waals surface area contributed by atoms with E-state index in [1.54, 1.807) is 0 Å². The molecule has 272 valence electrons. The quantitative estimate of drug-likeness (QED) is 0.0391. The second-order valence-electron chi connectivity index (χ2n) is 14.5. The Kier molecular flexibility index (Phi) is 32.2. The molecule has 0 amide bonds. The van der Waals surface area contributed by atoms with Gasteiger partial charge in [0.05, 0.1) is 0 Å². The third kappa shape index (κ3) is 33.8. The molecule has 46 heavy (non-hydrogen) atoms. The average Bonchev–Trinajstić information content (AvgIpc) is 3.01. The van der Waals surface area contributed by atoms with Crippen LogP contribution in [0, 0.1) is 11.8 Å². The van der Waals surface area contributed by atoms with E-state index in [-0.39, 0.29) is 31.1 Å². The molecule has 0 rings (SSSR count). The zero-order valence-electron chi connectivity index (χ0n) is 31.2. The Hall–Kier alpha value is -1.59. The SMILES string of the molecule is CCCCCCCC(=O)OC[C@@H](COC(=O)CCCCCCCCC(C)C)OC(=O)CCCCCCCCCCCCCC(C)C. The van der Waals surface area contributed by atoms with Gasteiger partial charge in [-0.15, -0.1) is 0 Å². The molecule has 0 N–H and O–H groups in total. The fourth-order valence-electron chi connectivity index (χ4n) is 5.69. The van der Waals surface area contributed by atoms with Crippen molar-refractivity contribution in [1.29, 1.82) is 0 Å². The molecule has 0 spiro atoms. The minimum absolute atomic E-state index is 0.0682. The van der Waals surface area contributed by atoms with Crippen molar-refractivity contribution in [2.45, 2.75) is 214 Å². The number of carbonyl (C=O) groups excluding carboxylic acids is 3. The lowest BCUT2D eigenvalue weighted by Gasteiger charge is -2.18. The minimum Gasteiger partial charge on any atom is -0.462 e. The summed E-state index contributed by atoms with van der Waals surface area (Å²) in [6.45, 7) is 11.2. The molecule has 0 saturated heterocycles. The van der Waals surface area contributed by atoms with Crippen LogP contribution in [0.4, 0.5) is 0 Å². The van der Waals surface area contributed by atoms with Gasteiger partial charge in [0.2, 0.25) is 0 Å². The molecule has 0 saturated carbocycles. The summed E-state index contributed by atoms with van der Waals surface area (Å²) in [5.41, 5.74) is 0. The molecule has 0 aliphatic rings. The van der Waals surface area contributed by atoms with E-state index in [0.717, 1.165) is 76.0 Å². The Morgan fingerprint density at radius 1 is 0.413 bits per heavy atom. The highest BCUT2D eigenvalue weighted by atomic mass is 16.6. The van der Waals surface area contributed by atoms with Crippen LogP contribution in [0.1, 0.15) is 208 Å². The van der Waals surface area contributed by atoms with Gasteiger partial charge in [-0.2, -0.15) is 0 Å². The fraction of sp³-hybridized carbons (Fsp3) is 0.925. The molecule has 1 atom stereocenters. The molecule has 0 aromatic carbocycles. The van der Waals surface area contributed by atoms with Crippen LogP contribution in [-0.2, 0) is 28.6 Å². The van der Waals surface area contributed by atoms with E-state index in [1.807, 2.05) is 0 Å². The van der Waals surface area contributed by atoms with Crippen LogP contribution in [-0.4, -0.2) is 37.2 Å². The van der Waals surface area contributed by atoms with Gasteiger partial charge in [-0.1, -0.05) is 169 Å². The van der Waals surface area contributed by atoms with Crippen LogP contribution >= 0.6 is 0 Å². The van der Waals surface area contributed by atoms with Gasteiger partial charge in [-0.3, -0.25) is 14.4 Å². The van der Waals surface area contributed by atoms with E-state index < -0.39 is 6.10 Å².